The molecule has 0 saturated carbocycles. The summed E-state index contributed by atoms with van der Waals surface area (Å²) in [4.78, 5) is 23.8. The molecule has 0 radical (unpaired) electrons. The lowest BCUT2D eigenvalue weighted by Gasteiger charge is -2.16. The molecule has 0 aliphatic carbocycles. The molecule has 0 spiro atoms. The lowest BCUT2D eigenvalue weighted by atomic mass is 10.1. The zero-order valence-corrected chi connectivity index (χ0v) is 19.1. The lowest BCUT2D eigenvalue weighted by Crippen LogP contribution is -2.28. The molecule has 9 heteroatoms. The zero-order chi connectivity index (χ0) is 23.1. The van der Waals surface area contributed by atoms with Gasteiger partial charge in [-0.2, -0.15) is 0 Å². The molecule has 164 valence electrons. The van der Waals surface area contributed by atoms with Gasteiger partial charge >= 0.3 is 5.97 Å². The molecule has 0 aliphatic heterocycles. The summed E-state index contributed by atoms with van der Waals surface area (Å²) in [6, 6.07) is 11.0. The number of carboxylic acids is 1. The third-order valence-corrected chi connectivity index (χ3v) is 7.73. The smallest absolute Gasteiger partial charge is 0.321 e. The van der Waals surface area contributed by atoms with Crippen molar-refractivity contribution < 1.29 is 23.1 Å². The maximum Gasteiger partial charge on any atom is 0.321 e. The molecular weight excluding hydrogens is 440 g/mol. The molecule has 0 bridgehead atoms. The van der Waals surface area contributed by atoms with Crippen LogP contribution in [-0.4, -0.2) is 35.2 Å². The number of hydrogen-bond donors (Lipinski definition) is 2. The van der Waals surface area contributed by atoms with Crippen molar-refractivity contribution in [3.63, 3.8) is 0 Å². The fourth-order valence-corrected chi connectivity index (χ4v) is 4.89. The first-order valence-corrected chi connectivity index (χ1v) is 11.5. The van der Waals surface area contributed by atoms with E-state index in [9.17, 15) is 18.0 Å². The molecular formula is C22H23ClN2O5S. The van der Waals surface area contributed by atoms with Crippen molar-refractivity contribution >= 4 is 44.2 Å². The predicted octanol–water partition coefficient (Wildman–Crippen LogP) is 3.88. The Labute approximate surface area is 185 Å². The van der Waals surface area contributed by atoms with Crippen LogP contribution < -0.4 is 5.32 Å². The Kier molecular flexibility index (Phi) is 6.16. The lowest BCUT2D eigenvalue weighted by molar-refractivity contribution is -0.136. The normalized spacial score (nSPS) is 13.7. The summed E-state index contributed by atoms with van der Waals surface area (Å²) in [5.41, 5.74) is 2.97. The van der Waals surface area contributed by atoms with Crippen LogP contribution in [0.15, 0.2) is 47.4 Å². The highest BCUT2D eigenvalue weighted by Crippen LogP contribution is 2.28. The maximum absolute atomic E-state index is 12.9. The van der Waals surface area contributed by atoms with Crippen LogP contribution in [0.3, 0.4) is 0 Å². The van der Waals surface area contributed by atoms with Crippen molar-refractivity contribution in [1.82, 2.24) is 9.88 Å². The maximum atomic E-state index is 12.9. The molecule has 1 aromatic heterocycles. The van der Waals surface area contributed by atoms with Gasteiger partial charge in [0.15, 0.2) is 15.1 Å². The average molecular weight is 463 g/mol. The number of nitrogens with one attached hydrogen (secondary N) is 1. The minimum Gasteiger partial charge on any atom is -0.480 e. The van der Waals surface area contributed by atoms with Crippen molar-refractivity contribution in [3.8, 4) is 0 Å². The van der Waals surface area contributed by atoms with Gasteiger partial charge in [0.2, 0.25) is 0 Å². The number of sulfone groups is 1. The quantitative estimate of drug-likeness (QED) is 0.578. The van der Waals surface area contributed by atoms with Gasteiger partial charge in [-0.15, -0.1) is 0 Å². The van der Waals surface area contributed by atoms with Crippen LogP contribution in [-0.2, 0) is 21.7 Å². The molecule has 31 heavy (non-hydrogen) atoms. The number of benzene rings is 2. The standard InChI is InChI=1S/C22H23ClN2O5S/c1-12-9-18(23)17-11-20(25(4)19(17)10-12)21(26)24-13(2)15-5-7-16(8-6-15)31(29,30)14(3)22(27)28/h5-11,13-14H,1-4H3,(H,24,26)(H,27,28)/t13-,14?/m1/s1. The van der Waals surface area contributed by atoms with Gasteiger partial charge in [-0.05, 0) is 62.2 Å². The molecule has 0 aliphatic rings. The van der Waals surface area contributed by atoms with Crippen molar-refractivity contribution in [3.05, 3.63) is 64.3 Å². The van der Waals surface area contributed by atoms with Crippen molar-refractivity contribution in [2.75, 3.05) is 0 Å². The Balaban J connectivity index is 1.82. The number of carbonyl (C=O) groups is 2. The largest absolute Gasteiger partial charge is 0.480 e. The topological polar surface area (TPSA) is 105 Å². The van der Waals surface area contributed by atoms with Crippen LogP contribution in [0.2, 0.25) is 5.02 Å². The number of halogens is 1. The Bertz CT molecular complexity index is 1280. The Morgan fingerprint density at radius 1 is 1.10 bits per heavy atom. The number of aliphatic carboxylic acids is 1. The van der Waals surface area contributed by atoms with E-state index in [4.69, 9.17) is 16.7 Å². The van der Waals surface area contributed by atoms with Crippen molar-refractivity contribution in [2.24, 2.45) is 7.05 Å². The summed E-state index contributed by atoms with van der Waals surface area (Å²) < 4.78 is 26.4. The Hall–Kier alpha value is -2.84. The second-order valence-electron chi connectivity index (χ2n) is 7.56. The summed E-state index contributed by atoms with van der Waals surface area (Å²) in [6.45, 7) is 4.84. The first-order valence-electron chi connectivity index (χ1n) is 9.56. The SMILES string of the molecule is Cc1cc(Cl)c2cc(C(=O)N[C@H](C)c3ccc(S(=O)(=O)C(C)C(=O)O)cc3)n(C)c2c1. The molecule has 7 nitrogen and oxygen atoms in total. The van der Waals surface area contributed by atoms with E-state index in [1.54, 1.807) is 36.7 Å². The summed E-state index contributed by atoms with van der Waals surface area (Å²) in [6.07, 6.45) is 0. The van der Waals surface area contributed by atoms with Gasteiger partial charge in [-0.1, -0.05) is 23.7 Å². The number of rotatable bonds is 6. The second-order valence-corrected chi connectivity index (χ2v) is 10.2. The summed E-state index contributed by atoms with van der Waals surface area (Å²) in [5.74, 6) is -1.70. The molecule has 3 rings (SSSR count). The van der Waals surface area contributed by atoms with Crippen LogP contribution >= 0.6 is 11.6 Å². The minimum atomic E-state index is -3.98. The van der Waals surface area contributed by atoms with Crippen LogP contribution in [0.1, 0.15) is 41.5 Å². The Morgan fingerprint density at radius 3 is 2.29 bits per heavy atom. The first kappa shape index (κ1) is 22.8. The highest BCUT2D eigenvalue weighted by atomic mass is 35.5. The van der Waals surface area contributed by atoms with Crippen LogP contribution in [0.25, 0.3) is 10.9 Å². The molecule has 2 N–H and O–H groups in total. The molecule has 2 atom stereocenters. The average Bonchev–Trinajstić information content (AvgIpc) is 3.04. The number of hydrogen-bond acceptors (Lipinski definition) is 4. The molecule has 3 aromatic rings. The number of fused-ring (bicyclic) bond motifs is 1. The highest BCUT2D eigenvalue weighted by molar-refractivity contribution is 7.92. The van der Waals surface area contributed by atoms with E-state index in [1.165, 1.54) is 12.1 Å². The minimum absolute atomic E-state index is 0.0802. The van der Waals surface area contributed by atoms with E-state index in [-0.39, 0.29) is 10.8 Å². The molecule has 1 heterocycles. The van der Waals surface area contributed by atoms with Crippen LogP contribution in [0.4, 0.5) is 0 Å². The summed E-state index contributed by atoms with van der Waals surface area (Å²) in [5, 5.41) is 11.7. The summed E-state index contributed by atoms with van der Waals surface area (Å²) >= 11 is 6.32. The third kappa shape index (κ3) is 4.31. The molecule has 0 saturated heterocycles. The third-order valence-electron chi connectivity index (χ3n) is 5.36. The van der Waals surface area contributed by atoms with Gasteiger partial charge in [0.05, 0.1) is 21.5 Å². The predicted molar refractivity (Wildman–Crippen MR) is 119 cm³/mol. The first-order chi connectivity index (χ1) is 14.4. The molecule has 0 fully saturated rings. The van der Waals surface area contributed by atoms with Crippen molar-refractivity contribution in [2.45, 2.75) is 37.0 Å². The zero-order valence-electron chi connectivity index (χ0n) is 17.5. The van der Waals surface area contributed by atoms with Gasteiger partial charge in [-0.25, -0.2) is 8.42 Å². The van der Waals surface area contributed by atoms with Gasteiger partial charge < -0.3 is 15.0 Å². The van der Waals surface area contributed by atoms with E-state index < -0.39 is 27.1 Å². The van der Waals surface area contributed by atoms with E-state index in [0.29, 0.717) is 16.3 Å². The van der Waals surface area contributed by atoms with Gasteiger partial charge in [0, 0.05) is 12.4 Å². The molecule has 1 amide bonds. The number of aryl methyl sites for hydroxylation is 2. The number of aromatic nitrogens is 1. The monoisotopic (exact) mass is 462 g/mol. The number of carboxylic acid groups (broad SMARTS) is 1. The fraction of sp³-hybridized carbons (Fsp3) is 0.273. The van der Waals surface area contributed by atoms with Crippen molar-refractivity contribution in [1.29, 1.82) is 0 Å². The van der Waals surface area contributed by atoms with Gasteiger partial charge in [0.1, 0.15) is 5.69 Å². The van der Waals surface area contributed by atoms with E-state index in [2.05, 4.69) is 5.32 Å². The Morgan fingerprint density at radius 2 is 1.71 bits per heavy atom. The summed E-state index contributed by atoms with van der Waals surface area (Å²) in [7, 11) is -2.18. The van der Waals surface area contributed by atoms with E-state index in [1.807, 2.05) is 19.1 Å². The van der Waals surface area contributed by atoms with E-state index in [0.717, 1.165) is 23.4 Å². The molecule has 1 unspecified atom stereocenters. The van der Waals surface area contributed by atoms with E-state index >= 15 is 0 Å². The highest BCUT2D eigenvalue weighted by Gasteiger charge is 2.29. The number of carbonyl (C=O) groups excluding carboxylic acids is 1. The molecule has 2 aromatic carbocycles. The second kappa shape index (κ2) is 8.36. The number of nitrogens with zero attached hydrogens (tertiary/aromatic N) is 1. The van der Waals surface area contributed by atoms with Gasteiger partial charge in [-0.3, -0.25) is 9.59 Å². The van der Waals surface area contributed by atoms with Crippen LogP contribution in [0.5, 0.6) is 0 Å². The van der Waals surface area contributed by atoms with Crippen LogP contribution in [0, 0.1) is 6.92 Å². The number of amides is 1. The van der Waals surface area contributed by atoms with Gasteiger partial charge in [0.25, 0.3) is 5.91 Å². The fourth-order valence-electron chi connectivity index (χ4n) is 3.37.